The zero-order valence-corrected chi connectivity index (χ0v) is 17.1. The maximum Gasteiger partial charge on any atom is 0.326 e. The lowest BCUT2D eigenvalue weighted by atomic mass is 10.1. The molecule has 1 aromatic heterocycles. The first-order valence-electron chi connectivity index (χ1n) is 9.21. The summed E-state index contributed by atoms with van der Waals surface area (Å²) in [6, 6.07) is 12.3. The van der Waals surface area contributed by atoms with Gasteiger partial charge in [0, 0.05) is 19.2 Å². The van der Waals surface area contributed by atoms with Gasteiger partial charge in [-0.05, 0) is 35.7 Å². The van der Waals surface area contributed by atoms with Crippen molar-refractivity contribution in [3.05, 3.63) is 64.1 Å². The van der Waals surface area contributed by atoms with Crippen molar-refractivity contribution in [2.24, 2.45) is 22.5 Å². The average molecular weight is 411 g/mol. The van der Waals surface area contributed by atoms with Crippen molar-refractivity contribution in [1.82, 2.24) is 14.6 Å². The molecule has 29 heavy (non-hydrogen) atoms. The summed E-state index contributed by atoms with van der Waals surface area (Å²) in [4.78, 5) is 14.8. The molecule has 0 amide bonds. The molecular formula is C20H21N5O3S. The van der Waals surface area contributed by atoms with Crippen LogP contribution in [0.4, 0.5) is 0 Å². The summed E-state index contributed by atoms with van der Waals surface area (Å²) >= 11 is 0. The Bertz CT molecular complexity index is 1320. The molecule has 8 nitrogen and oxygen atoms in total. The lowest BCUT2D eigenvalue weighted by Crippen LogP contribution is -2.29. The normalized spacial score (nSPS) is 15.2. The highest BCUT2D eigenvalue weighted by Gasteiger charge is 2.31. The summed E-state index contributed by atoms with van der Waals surface area (Å²) in [5.41, 5.74) is 2.66. The number of hydrogen-bond donors (Lipinski definition) is 1. The van der Waals surface area contributed by atoms with Crippen LogP contribution in [-0.2, 0) is 17.1 Å². The standard InChI is InChI=1S/C20H21N5O3S/c1-13(2)12-25(19-15-6-4-5-7-18(15)29(27,28)23-19)21-11-14-8-9-16-17(10-14)24(3)20(26)22-16/h4-11,13H,12H2,1-3H3,(H,22,26)/b21-11+. The number of aromatic nitrogens is 2. The minimum absolute atomic E-state index is 0.183. The second-order valence-electron chi connectivity index (χ2n) is 7.37. The Labute approximate surface area is 168 Å². The highest BCUT2D eigenvalue weighted by atomic mass is 32.2. The van der Waals surface area contributed by atoms with Crippen molar-refractivity contribution >= 4 is 33.1 Å². The Kier molecular flexibility index (Phi) is 4.62. The van der Waals surface area contributed by atoms with Gasteiger partial charge in [0.05, 0.1) is 17.2 Å². The van der Waals surface area contributed by atoms with E-state index in [0.29, 0.717) is 17.9 Å². The summed E-state index contributed by atoms with van der Waals surface area (Å²) in [7, 11) is -2.02. The number of aromatic amines is 1. The van der Waals surface area contributed by atoms with E-state index in [1.54, 1.807) is 42.5 Å². The molecule has 4 rings (SSSR count). The van der Waals surface area contributed by atoms with Crippen molar-refractivity contribution in [2.75, 3.05) is 6.54 Å². The van der Waals surface area contributed by atoms with Crippen LogP contribution >= 0.6 is 0 Å². The molecular weight excluding hydrogens is 390 g/mol. The van der Waals surface area contributed by atoms with Crippen LogP contribution in [0.2, 0.25) is 0 Å². The van der Waals surface area contributed by atoms with Gasteiger partial charge in [-0.1, -0.05) is 32.0 Å². The Balaban J connectivity index is 1.74. The van der Waals surface area contributed by atoms with Gasteiger partial charge in [-0.15, -0.1) is 4.40 Å². The summed E-state index contributed by atoms with van der Waals surface area (Å²) < 4.78 is 30.3. The maximum absolute atomic E-state index is 12.4. The number of nitrogens with zero attached hydrogens (tertiary/aromatic N) is 4. The van der Waals surface area contributed by atoms with Gasteiger partial charge < -0.3 is 4.98 Å². The molecule has 2 aromatic carbocycles. The number of imidazole rings is 1. The fourth-order valence-corrected chi connectivity index (χ4v) is 4.47. The van der Waals surface area contributed by atoms with E-state index in [9.17, 15) is 13.2 Å². The molecule has 0 atom stereocenters. The zero-order valence-electron chi connectivity index (χ0n) is 16.3. The van der Waals surface area contributed by atoms with Crippen LogP contribution in [0.1, 0.15) is 25.0 Å². The SMILES string of the molecule is CC(C)CN(/N=C/c1ccc2[nH]c(=O)n(C)c2c1)C1=NS(=O)(=O)c2ccccc21. The first-order valence-corrected chi connectivity index (χ1v) is 10.6. The molecule has 0 saturated heterocycles. The van der Waals surface area contributed by atoms with Gasteiger partial charge >= 0.3 is 5.69 Å². The van der Waals surface area contributed by atoms with Crippen molar-refractivity contribution in [3.63, 3.8) is 0 Å². The number of fused-ring (bicyclic) bond motifs is 2. The zero-order chi connectivity index (χ0) is 20.8. The molecule has 0 saturated carbocycles. The maximum atomic E-state index is 12.4. The fourth-order valence-electron chi connectivity index (χ4n) is 3.27. The molecule has 150 valence electrons. The molecule has 3 aromatic rings. The van der Waals surface area contributed by atoms with Gasteiger partial charge in [0.1, 0.15) is 4.90 Å². The van der Waals surface area contributed by atoms with Crippen LogP contribution in [0.15, 0.2) is 61.7 Å². The summed E-state index contributed by atoms with van der Waals surface area (Å²) in [6.07, 6.45) is 1.65. The fraction of sp³-hybridized carbons (Fsp3) is 0.250. The Morgan fingerprint density at radius 2 is 2.00 bits per heavy atom. The summed E-state index contributed by atoms with van der Waals surface area (Å²) in [5.74, 6) is 0.555. The first-order chi connectivity index (χ1) is 13.8. The van der Waals surface area contributed by atoms with Crippen molar-refractivity contribution in [2.45, 2.75) is 18.7 Å². The van der Waals surface area contributed by atoms with Crippen LogP contribution in [-0.4, -0.2) is 41.6 Å². The summed E-state index contributed by atoms with van der Waals surface area (Å²) in [5, 5.41) is 6.16. The topological polar surface area (TPSA) is 99.9 Å². The minimum atomic E-state index is -3.72. The van der Waals surface area contributed by atoms with Gasteiger partial charge in [-0.3, -0.25) is 4.57 Å². The van der Waals surface area contributed by atoms with Crippen LogP contribution in [0.25, 0.3) is 11.0 Å². The quantitative estimate of drug-likeness (QED) is 0.526. The highest BCUT2D eigenvalue weighted by molar-refractivity contribution is 7.90. The molecule has 2 heterocycles. The number of rotatable bonds is 4. The average Bonchev–Trinajstić information content (AvgIpc) is 3.12. The molecule has 1 aliphatic heterocycles. The Hall–Kier alpha value is -3.20. The van der Waals surface area contributed by atoms with Crippen molar-refractivity contribution in [1.29, 1.82) is 0 Å². The minimum Gasteiger partial charge on any atom is -0.306 e. The summed E-state index contributed by atoms with van der Waals surface area (Å²) in [6.45, 7) is 4.56. The van der Waals surface area contributed by atoms with Crippen LogP contribution in [0.5, 0.6) is 0 Å². The van der Waals surface area contributed by atoms with Gasteiger partial charge in [-0.2, -0.15) is 13.5 Å². The number of H-pyrrole nitrogens is 1. The van der Waals surface area contributed by atoms with Gasteiger partial charge in [0.25, 0.3) is 10.0 Å². The predicted octanol–water partition coefficient (Wildman–Crippen LogP) is 2.31. The molecule has 0 fully saturated rings. The molecule has 9 heteroatoms. The number of amidine groups is 1. The monoisotopic (exact) mass is 411 g/mol. The third-order valence-electron chi connectivity index (χ3n) is 4.67. The highest BCUT2D eigenvalue weighted by Crippen LogP contribution is 2.28. The van der Waals surface area contributed by atoms with E-state index < -0.39 is 10.0 Å². The van der Waals surface area contributed by atoms with E-state index in [1.165, 1.54) is 4.57 Å². The molecule has 1 aliphatic rings. The second kappa shape index (κ2) is 7.00. The van der Waals surface area contributed by atoms with Crippen LogP contribution in [0.3, 0.4) is 0 Å². The number of benzene rings is 2. The van der Waals surface area contributed by atoms with E-state index in [4.69, 9.17) is 0 Å². The third kappa shape index (κ3) is 3.49. The van der Waals surface area contributed by atoms with E-state index in [-0.39, 0.29) is 16.5 Å². The number of nitrogens with one attached hydrogen (secondary N) is 1. The van der Waals surface area contributed by atoms with Gasteiger partial charge in [0.15, 0.2) is 5.84 Å². The number of hydrazone groups is 1. The molecule has 0 unspecified atom stereocenters. The van der Waals surface area contributed by atoms with Gasteiger partial charge in [-0.25, -0.2) is 9.80 Å². The molecule has 0 spiro atoms. The molecule has 0 radical (unpaired) electrons. The largest absolute Gasteiger partial charge is 0.326 e. The smallest absolute Gasteiger partial charge is 0.306 e. The van der Waals surface area contributed by atoms with E-state index in [1.807, 2.05) is 32.0 Å². The van der Waals surface area contributed by atoms with Crippen molar-refractivity contribution in [3.8, 4) is 0 Å². The number of hydrogen-bond acceptors (Lipinski definition) is 5. The number of aryl methyl sites for hydroxylation is 1. The van der Waals surface area contributed by atoms with E-state index in [2.05, 4.69) is 14.5 Å². The lowest BCUT2D eigenvalue weighted by Gasteiger charge is -2.20. The van der Waals surface area contributed by atoms with E-state index in [0.717, 1.165) is 16.6 Å². The number of sulfonamides is 1. The predicted molar refractivity (Wildman–Crippen MR) is 113 cm³/mol. The molecule has 1 N–H and O–H groups in total. The van der Waals surface area contributed by atoms with Crippen LogP contribution < -0.4 is 5.69 Å². The van der Waals surface area contributed by atoms with Crippen LogP contribution in [0, 0.1) is 5.92 Å². The Morgan fingerprint density at radius 3 is 2.76 bits per heavy atom. The van der Waals surface area contributed by atoms with E-state index >= 15 is 0 Å². The second-order valence-corrected chi connectivity index (χ2v) is 8.94. The van der Waals surface area contributed by atoms with Crippen molar-refractivity contribution < 1.29 is 8.42 Å². The first kappa shape index (κ1) is 19.1. The third-order valence-corrected chi connectivity index (χ3v) is 6.00. The Morgan fingerprint density at radius 1 is 1.24 bits per heavy atom. The molecule has 0 aliphatic carbocycles. The molecule has 0 bridgehead atoms. The van der Waals surface area contributed by atoms with Gasteiger partial charge in [0.2, 0.25) is 0 Å². The lowest BCUT2D eigenvalue weighted by molar-refractivity contribution is 0.386.